The number of hydrogen-bond acceptors (Lipinski definition) is 2. The molecule has 2 rings (SSSR count). The summed E-state index contributed by atoms with van der Waals surface area (Å²) in [6.07, 6.45) is 3.25. The number of nitrogens with one attached hydrogen (secondary N) is 1. The number of aryl methyl sites for hydroxylation is 3. The van der Waals surface area contributed by atoms with E-state index in [9.17, 15) is 0 Å². The minimum atomic E-state index is 0.777. The van der Waals surface area contributed by atoms with Crippen molar-refractivity contribution in [2.75, 3.05) is 18.5 Å². The molecule has 0 saturated heterocycles. The van der Waals surface area contributed by atoms with E-state index >= 15 is 0 Å². The molecule has 0 fully saturated rings. The Labute approximate surface area is 134 Å². The molecule has 0 saturated carbocycles. The van der Waals surface area contributed by atoms with E-state index in [4.69, 9.17) is 4.74 Å². The number of para-hydroxylation sites is 1. The largest absolute Gasteiger partial charge is 0.494 e. The average molecular weight is 297 g/mol. The average Bonchev–Trinajstić information content (AvgIpc) is 2.52. The van der Waals surface area contributed by atoms with Gasteiger partial charge in [-0.3, -0.25) is 0 Å². The summed E-state index contributed by atoms with van der Waals surface area (Å²) in [5.74, 6) is 0.972. The molecule has 0 radical (unpaired) electrons. The molecule has 0 heterocycles. The monoisotopic (exact) mass is 297 g/mol. The van der Waals surface area contributed by atoms with Crippen molar-refractivity contribution < 1.29 is 4.74 Å². The molecule has 0 unspecified atom stereocenters. The van der Waals surface area contributed by atoms with Gasteiger partial charge >= 0.3 is 0 Å². The molecule has 2 aromatic carbocycles. The van der Waals surface area contributed by atoms with Gasteiger partial charge in [-0.05, 0) is 61.9 Å². The topological polar surface area (TPSA) is 21.3 Å². The number of hydrogen-bond donors (Lipinski definition) is 1. The van der Waals surface area contributed by atoms with Crippen molar-refractivity contribution in [3.8, 4) is 5.75 Å². The highest BCUT2D eigenvalue weighted by atomic mass is 16.5. The summed E-state index contributed by atoms with van der Waals surface area (Å²) < 4.78 is 5.78. The Balaban J connectivity index is 1.70. The molecule has 0 aliphatic rings. The van der Waals surface area contributed by atoms with Gasteiger partial charge in [0.1, 0.15) is 5.75 Å². The first-order chi connectivity index (χ1) is 10.7. The van der Waals surface area contributed by atoms with Crippen molar-refractivity contribution in [2.24, 2.45) is 0 Å². The van der Waals surface area contributed by atoms with E-state index < -0.39 is 0 Å². The summed E-state index contributed by atoms with van der Waals surface area (Å²) in [5.41, 5.74) is 5.28. The normalized spacial score (nSPS) is 10.5. The first-order valence-corrected chi connectivity index (χ1v) is 8.22. The molecule has 2 aromatic rings. The van der Waals surface area contributed by atoms with Crippen LogP contribution in [0.4, 0.5) is 5.69 Å². The first kappa shape index (κ1) is 16.4. The molecule has 0 aliphatic heterocycles. The van der Waals surface area contributed by atoms with Crippen LogP contribution in [-0.2, 0) is 6.42 Å². The van der Waals surface area contributed by atoms with Crippen molar-refractivity contribution >= 4 is 5.69 Å². The van der Waals surface area contributed by atoms with Gasteiger partial charge in [0.2, 0.25) is 0 Å². The fraction of sp³-hybridized carbons (Fsp3) is 0.400. The Morgan fingerprint density at radius 3 is 2.59 bits per heavy atom. The fourth-order valence-corrected chi connectivity index (χ4v) is 2.61. The molecular formula is C20H27NO. The number of benzene rings is 2. The van der Waals surface area contributed by atoms with Crippen molar-refractivity contribution in [3.63, 3.8) is 0 Å². The molecule has 0 aromatic heterocycles. The number of rotatable bonds is 8. The van der Waals surface area contributed by atoms with Crippen LogP contribution >= 0.6 is 0 Å². The Morgan fingerprint density at radius 1 is 1.00 bits per heavy atom. The van der Waals surface area contributed by atoms with E-state index in [2.05, 4.69) is 56.4 Å². The third kappa shape index (κ3) is 4.80. The second-order valence-electron chi connectivity index (χ2n) is 5.76. The van der Waals surface area contributed by atoms with E-state index in [0.29, 0.717) is 0 Å². The summed E-state index contributed by atoms with van der Waals surface area (Å²) in [6, 6.07) is 14.7. The van der Waals surface area contributed by atoms with Gasteiger partial charge in [-0.1, -0.05) is 37.3 Å². The predicted octanol–water partition coefficient (Wildman–Crippen LogP) is 5.14. The number of anilines is 1. The van der Waals surface area contributed by atoms with E-state index in [0.717, 1.165) is 38.2 Å². The van der Waals surface area contributed by atoms with Crippen LogP contribution in [0.25, 0.3) is 0 Å². The predicted molar refractivity (Wildman–Crippen MR) is 95.0 cm³/mol. The maximum absolute atomic E-state index is 5.78. The summed E-state index contributed by atoms with van der Waals surface area (Å²) >= 11 is 0. The molecule has 0 bridgehead atoms. The molecule has 0 atom stereocenters. The van der Waals surface area contributed by atoms with E-state index in [1.54, 1.807) is 0 Å². The fourth-order valence-electron chi connectivity index (χ4n) is 2.61. The van der Waals surface area contributed by atoms with Gasteiger partial charge in [-0.2, -0.15) is 0 Å². The van der Waals surface area contributed by atoms with Crippen LogP contribution in [0.2, 0.25) is 0 Å². The summed E-state index contributed by atoms with van der Waals surface area (Å²) in [6.45, 7) is 8.23. The van der Waals surface area contributed by atoms with Gasteiger partial charge in [0, 0.05) is 12.2 Å². The summed E-state index contributed by atoms with van der Waals surface area (Å²) in [5, 5.41) is 3.58. The van der Waals surface area contributed by atoms with Gasteiger partial charge < -0.3 is 10.1 Å². The highest BCUT2D eigenvalue weighted by Crippen LogP contribution is 2.21. The highest BCUT2D eigenvalue weighted by Gasteiger charge is 2.03. The minimum Gasteiger partial charge on any atom is -0.494 e. The zero-order chi connectivity index (χ0) is 15.8. The van der Waals surface area contributed by atoms with Gasteiger partial charge in [0.25, 0.3) is 0 Å². The second-order valence-corrected chi connectivity index (χ2v) is 5.76. The van der Waals surface area contributed by atoms with Gasteiger partial charge in [-0.15, -0.1) is 0 Å². The van der Waals surface area contributed by atoms with Gasteiger partial charge in [0.05, 0.1) is 6.61 Å². The van der Waals surface area contributed by atoms with Crippen LogP contribution in [0, 0.1) is 13.8 Å². The van der Waals surface area contributed by atoms with Crippen LogP contribution in [0.3, 0.4) is 0 Å². The smallest absolute Gasteiger partial charge is 0.119 e. The molecule has 118 valence electrons. The van der Waals surface area contributed by atoms with E-state index in [1.165, 1.54) is 22.4 Å². The molecule has 2 heteroatoms. The van der Waals surface area contributed by atoms with E-state index in [1.807, 2.05) is 12.1 Å². The molecule has 0 amide bonds. The molecular weight excluding hydrogens is 270 g/mol. The van der Waals surface area contributed by atoms with Gasteiger partial charge in [0.15, 0.2) is 0 Å². The van der Waals surface area contributed by atoms with Crippen LogP contribution in [0.1, 0.15) is 36.5 Å². The van der Waals surface area contributed by atoms with Crippen molar-refractivity contribution in [1.29, 1.82) is 0 Å². The van der Waals surface area contributed by atoms with Crippen molar-refractivity contribution in [3.05, 3.63) is 59.2 Å². The van der Waals surface area contributed by atoms with Crippen LogP contribution < -0.4 is 10.1 Å². The maximum Gasteiger partial charge on any atom is 0.119 e. The van der Waals surface area contributed by atoms with E-state index in [-0.39, 0.29) is 0 Å². The lowest BCUT2D eigenvalue weighted by Crippen LogP contribution is -2.07. The quantitative estimate of drug-likeness (QED) is 0.681. The maximum atomic E-state index is 5.78. The highest BCUT2D eigenvalue weighted by molar-refractivity contribution is 5.57. The summed E-state index contributed by atoms with van der Waals surface area (Å²) in [4.78, 5) is 0. The minimum absolute atomic E-state index is 0.777. The third-order valence-corrected chi connectivity index (χ3v) is 3.87. The lowest BCUT2D eigenvalue weighted by atomic mass is 10.1. The molecule has 0 spiro atoms. The molecule has 22 heavy (non-hydrogen) atoms. The lowest BCUT2D eigenvalue weighted by molar-refractivity contribution is 0.308. The zero-order valence-corrected chi connectivity index (χ0v) is 14.0. The lowest BCUT2D eigenvalue weighted by Gasteiger charge is -2.14. The van der Waals surface area contributed by atoms with Gasteiger partial charge in [-0.25, -0.2) is 0 Å². The first-order valence-electron chi connectivity index (χ1n) is 8.22. The Hall–Kier alpha value is -1.96. The Kier molecular flexibility index (Phi) is 6.32. The van der Waals surface area contributed by atoms with Crippen molar-refractivity contribution in [2.45, 2.75) is 40.0 Å². The Bertz CT molecular complexity index is 592. The van der Waals surface area contributed by atoms with Crippen LogP contribution in [-0.4, -0.2) is 13.2 Å². The summed E-state index contributed by atoms with van der Waals surface area (Å²) in [7, 11) is 0. The molecule has 2 nitrogen and oxygen atoms in total. The second kappa shape index (κ2) is 8.47. The van der Waals surface area contributed by atoms with Crippen LogP contribution in [0.15, 0.2) is 42.5 Å². The number of ether oxygens (including phenoxy) is 1. The Morgan fingerprint density at radius 2 is 1.82 bits per heavy atom. The zero-order valence-electron chi connectivity index (χ0n) is 14.0. The molecule has 1 N–H and O–H groups in total. The SMILES string of the molecule is CCc1cccc(C)c1NCCCCOc1cccc(C)c1. The van der Waals surface area contributed by atoms with Crippen LogP contribution in [0.5, 0.6) is 5.75 Å². The molecule has 0 aliphatic carbocycles. The third-order valence-electron chi connectivity index (χ3n) is 3.87. The number of unbranched alkanes of at least 4 members (excludes halogenated alkanes) is 1. The standard InChI is InChI=1S/C20H27NO/c1-4-18-11-8-10-17(3)20(18)21-13-5-6-14-22-19-12-7-9-16(2)15-19/h7-12,15,21H,4-6,13-14H2,1-3H3. The van der Waals surface area contributed by atoms with Crippen molar-refractivity contribution in [1.82, 2.24) is 0 Å².